The van der Waals surface area contributed by atoms with Crippen LogP contribution in [0.1, 0.15) is 38.5 Å². The lowest BCUT2D eigenvalue weighted by molar-refractivity contribution is 0.299. The number of hydrogen-bond acceptors (Lipinski definition) is 3. The second kappa shape index (κ2) is 8.53. The normalized spacial score (nSPS) is 31.7. The van der Waals surface area contributed by atoms with Crippen molar-refractivity contribution in [1.29, 1.82) is 0 Å². The Kier molecular flexibility index (Phi) is 7.19. The summed E-state index contributed by atoms with van der Waals surface area (Å²) in [4.78, 5) is 6.82. The lowest BCUT2D eigenvalue weighted by Gasteiger charge is -2.26. The topological polar surface area (TPSA) is 65.0 Å². The van der Waals surface area contributed by atoms with E-state index in [4.69, 9.17) is 0 Å². The van der Waals surface area contributed by atoms with E-state index < -0.39 is 10.0 Å². The first-order valence-corrected chi connectivity index (χ1v) is 10.8. The van der Waals surface area contributed by atoms with Crippen molar-refractivity contribution in [3.63, 3.8) is 0 Å². The maximum absolute atomic E-state index is 11.8. The zero-order chi connectivity index (χ0) is 16.4. The van der Waals surface area contributed by atoms with Crippen molar-refractivity contribution >= 4 is 40.0 Å². The van der Waals surface area contributed by atoms with E-state index in [-0.39, 0.29) is 30.0 Å². The molecule has 1 aliphatic carbocycles. The fraction of sp³-hybridized carbons (Fsp3) is 0.938. The minimum Gasteiger partial charge on any atom is -0.355 e. The molecule has 140 valence electrons. The van der Waals surface area contributed by atoms with Gasteiger partial charge in [0.25, 0.3) is 0 Å². The number of nitrogens with zero attached hydrogens (tertiary/aromatic N) is 3. The van der Waals surface area contributed by atoms with Gasteiger partial charge in [-0.3, -0.25) is 4.99 Å². The van der Waals surface area contributed by atoms with Crippen molar-refractivity contribution in [1.82, 2.24) is 14.5 Å². The van der Waals surface area contributed by atoms with Gasteiger partial charge in [-0.15, -0.1) is 24.0 Å². The van der Waals surface area contributed by atoms with Crippen LogP contribution in [0.4, 0.5) is 0 Å². The van der Waals surface area contributed by atoms with Crippen molar-refractivity contribution in [2.75, 3.05) is 39.5 Å². The Morgan fingerprint density at radius 3 is 2.29 bits per heavy atom. The first kappa shape index (κ1) is 20.2. The van der Waals surface area contributed by atoms with E-state index >= 15 is 0 Å². The second-order valence-electron chi connectivity index (χ2n) is 7.31. The first-order chi connectivity index (χ1) is 11.0. The Morgan fingerprint density at radius 1 is 1.12 bits per heavy atom. The van der Waals surface area contributed by atoms with Crippen molar-refractivity contribution in [3.8, 4) is 0 Å². The molecule has 0 spiro atoms. The fourth-order valence-corrected chi connectivity index (χ4v) is 5.75. The number of nitrogens with one attached hydrogen (secondary N) is 1. The summed E-state index contributed by atoms with van der Waals surface area (Å²) in [6, 6.07) is 0.0617. The zero-order valence-electron chi connectivity index (χ0n) is 14.8. The summed E-state index contributed by atoms with van der Waals surface area (Å²) in [6.07, 6.45) is 8.63. The second-order valence-corrected chi connectivity index (χ2v) is 9.24. The van der Waals surface area contributed by atoms with Crippen LogP contribution in [0, 0.1) is 11.8 Å². The summed E-state index contributed by atoms with van der Waals surface area (Å²) in [7, 11) is -1.28. The monoisotopic (exact) mass is 470 g/mol. The molecule has 2 aliphatic heterocycles. The molecule has 3 rings (SSSR count). The van der Waals surface area contributed by atoms with Gasteiger partial charge in [-0.1, -0.05) is 12.8 Å². The predicted octanol–water partition coefficient (Wildman–Crippen LogP) is 1.73. The lowest BCUT2D eigenvalue weighted by Crippen LogP contribution is -2.47. The molecular weight excluding hydrogens is 439 g/mol. The molecule has 0 amide bonds. The molecular formula is C16H31IN4O2S. The highest BCUT2D eigenvalue weighted by Crippen LogP contribution is 2.35. The molecule has 0 aromatic heterocycles. The third kappa shape index (κ3) is 4.55. The van der Waals surface area contributed by atoms with E-state index in [9.17, 15) is 8.42 Å². The molecule has 0 radical (unpaired) electrons. The van der Waals surface area contributed by atoms with E-state index in [0.717, 1.165) is 43.7 Å². The smallest absolute Gasteiger partial charge is 0.211 e. The molecule has 2 heterocycles. The van der Waals surface area contributed by atoms with E-state index in [1.54, 1.807) is 4.31 Å². The predicted molar refractivity (Wildman–Crippen MR) is 108 cm³/mol. The summed E-state index contributed by atoms with van der Waals surface area (Å²) >= 11 is 0. The number of rotatable bonds is 3. The molecule has 2 saturated heterocycles. The number of guanidine groups is 1. The highest BCUT2D eigenvalue weighted by atomic mass is 127. The summed E-state index contributed by atoms with van der Waals surface area (Å²) in [5.74, 6) is 2.59. The Bertz CT molecular complexity index is 540. The van der Waals surface area contributed by atoms with Crippen LogP contribution in [0.3, 0.4) is 0 Å². The third-order valence-electron chi connectivity index (χ3n) is 5.73. The minimum atomic E-state index is -3.10. The minimum absolute atomic E-state index is 0. The molecule has 8 heteroatoms. The molecule has 2 unspecified atom stereocenters. The Labute approximate surface area is 163 Å². The summed E-state index contributed by atoms with van der Waals surface area (Å²) in [5, 5.41) is 3.43. The van der Waals surface area contributed by atoms with E-state index in [0.29, 0.717) is 13.1 Å². The van der Waals surface area contributed by atoms with Crippen LogP contribution in [0.2, 0.25) is 0 Å². The molecule has 3 aliphatic rings. The van der Waals surface area contributed by atoms with Crippen molar-refractivity contribution in [2.45, 2.75) is 44.6 Å². The van der Waals surface area contributed by atoms with Crippen LogP contribution in [-0.4, -0.2) is 69.1 Å². The van der Waals surface area contributed by atoms with Gasteiger partial charge in [-0.05, 0) is 37.5 Å². The Balaban J connectivity index is 0.00000208. The van der Waals surface area contributed by atoms with Gasteiger partial charge in [-0.25, -0.2) is 8.42 Å². The highest BCUT2D eigenvalue weighted by molar-refractivity contribution is 14.0. The molecule has 24 heavy (non-hydrogen) atoms. The molecule has 0 aromatic carbocycles. The lowest BCUT2D eigenvalue weighted by atomic mass is 9.82. The van der Waals surface area contributed by atoms with Crippen molar-refractivity contribution in [3.05, 3.63) is 0 Å². The average Bonchev–Trinajstić information content (AvgIpc) is 3.13. The quantitative estimate of drug-likeness (QED) is 0.388. The zero-order valence-corrected chi connectivity index (χ0v) is 17.9. The number of sulfonamides is 1. The van der Waals surface area contributed by atoms with Crippen LogP contribution < -0.4 is 5.32 Å². The number of likely N-dealkylation sites (tertiary alicyclic amines) is 1. The Morgan fingerprint density at radius 2 is 1.75 bits per heavy atom. The standard InChI is InChI=1S/C16H30N4O2S.HI/c1-17-16(19-11-13-6-3-4-7-14(13)12-19)18-10-15-8-5-9-20(15)23(2,21)22;/h13-15H,3-12H2,1-2H3,(H,17,18);1H/t13?,14?,15-;/m1./s1. The third-order valence-corrected chi connectivity index (χ3v) is 7.07. The first-order valence-electron chi connectivity index (χ1n) is 8.91. The number of hydrogen-bond donors (Lipinski definition) is 1. The molecule has 6 nitrogen and oxygen atoms in total. The average molecular weight is 470 g/mol. The Hall–Kier alpha value is -0.0900. The molecule has 1 saturated carbocycles. The number of aliphatic imine (C=N–C) groups is 1. The molecule has 1 N–H and O–H groups in total. The summed E-state index contributed by atoms with van der Waals surface area (Å²) in [5.41, 5.74) is 0. The van der Waals surface area contributed by atoms with Gasteiger partial charge >= 0.3 is 0 Å². The van der Waals surface area contributed by atoms with Gasteiger partial charge in [0, 0.05) is 39.3 Å². The van der Waals surface area contributed by atoms with Crippen LogP contribution in [0.15, 0.2) is 4.99 Å². The van der Waals surface area contributed by atoms with Crippen LogP contribution in [0.5, 0.6) is 0 Å². The molecule has 0 bridgehead atoms. The fourth-order valence-electron chi connectivity index (χ4n) is 4.57. The number of fused-ring (bicyclic) bond motifs is 1. The van der Waals surface area contributed by atoms with Crippen molar-refractivity contribution < 1.29 is 8.42 Å². The summed E-state index contributed by atoms with van der Waals surface area (Å²) in [6.45, 7) is 3.51. The van der Waals surface area contributed by atoms with Gasteiger partial charge in [0.15, 0.2) is 5.96 Å². The van der Waals surface area contributed by atoms with Gasteiger partial charge in [0.1, 0.15) is 0 Å². The van der Waals surface area contributed by atoms with E-state index in [1.165, 1.54) is 31.9 Å². The van der Waals surface area contributed by atoms with Crippen molar-refractivity contribution in [2.24, 2.45) is 16.8 Å². The molecule has 0 aromatic rings. The van der Waals surface area contributed by atoms with Gasteiger partial charge < -0.3 is 10.2 Å². The maximum Gasteiger partial charge on any atom is 0.211 e. The molecule has 3 atom stereocenters. The maximum atomic E-state index is 11.8. The van der Waals surface area contributed by atoms with Gasteiger partial charge in [0.05, 0.1) is 6.26 Å². The largest absolute Gasteiger partial charge is 0.355 e. The van der Waals surface area contributed by atoms with Gasteiger partial charge in [0.2, 0.25) is 10.0 Å². The molecule has 3 fully saturated rings. The van der Waals surface area contributed by atoms with E-state index in [2.05, 4.69) is 15.2 Å². The van der Waals surface area contributed by atoms with E-state index in [1.807, 2.05) is 7.05 Å². The number of halogens is 1. The van der Waals surface area contributed by atoms with Crippen LogP contribution in [-0.2, 0) is 10.0 Å². The SMILES string of the molecule is CN=C(NC[C@H]1CCCN1S(C)(=O)=O)N1CC2CCCCC2C1.I. The van der Waals surface area contributed by atoms with Crippen LogP contribution in [0.25, 0.3) is 0 Å². The summed E-state index contributed by atoms with van der Waals surface area (Å²) < 4.78 is 25.3. The highest BCUT2D eigenvalue weighted by Gasteiger charge is 2.36. The van der Waals surface area contributed by atoms with Gasteiger partial charge in [-0.2, -0.15) is 4.31 Å². The van der Waals surface area contributed by atoms with Crippen LogP contribution >= 0.6 is 24.0 Å².